The Kier molecular flexibility index (Phi) is 4.82. The van der Waals surface area contributed by atoms with Gasteiger partial charge in [0, 0.05) is 6.54 Å². The summed E-state index contributed by atoms with van der Waals surface area (Å²) in [5, 5.41) is 3.56. The molecule has 0 amide bonds. The van der Waals surface area contributed by atoms with Crippen LogP contribution in [0, 0.1) is 0 Å². The lowest BCUT2D eigenvalue weighted by molar-refractivity contribution is 0.634. The molecule has 0 radical (unpaired) electrons. The van der Waals surface area contributed by atoms with E-state index in [0.717, 1.165) is 27.0 Å². The van der Waals surface area contributed by atoms with Crippen LogP contribution in [0.25, 0.3) is 21.7 Å². The van der Waals surface area contributed by atoms with E-state index in [1.54, 1.807) is 16.3 Å². The van der Waals surface area contributed by atoms with Gasteiger partial charge in [-0.3, -0.25) is 9.36 Å². The van der Waals surface area contributed by atoms with E-state index < -0.39 is 0 Å². The van der Waals surface area contributed by atoms with Crippen LogP contribution in [0.15, 0.2) is 89.3 Å². The number of rotatable bonds is 5. The minimum absolute atomic E-state index is 0.00614. The zero-order chi connectivity index (χ0) is 18.8. The fourth-order valence-corrected chi connectivity index (χ4v) is 4.37. The largest absolute Gasteiger partial charge is 0.287 e. The first-order chi connectivity index (χ1) is 13.2. The van der Waals surface area contributed by atoms with Crippen molar-refractivity contribution in [2.75, 3.05) is 0 Å². The third-order valence-electron chi connectivity index (χ3n) is 4.68. The van der Waals surface area contributed by atoms with Gasteiger partial charge in [-0.25, -0.2) is 4.98 Å². The molecule has 0 N–H and O–H groups in total. The molecule has 1 atom stereocenters. The van der Waals surface area contributed by atoms with Crippen LogP contribution in [0.4, 0.5) is 0 Å². The molecule has 4 heteroatoms. The van der Waals surface area contributed by atoms with Crippen LogP contribution in [-0.2, 0) is 6.54 Å². The molecule has 27 heavy (non-hydrogen) atoms. The summed E-state index contributed by atoms with van der Waals surface area (Å²) in [6.07, 6.45) is 1.90. The number of thioether (sulfide) groups is 1. The van der Waals surface area contributed by atoms with Crippen molar-refractivity contribution in [3.8, 4) is 0 Å². The van der Waals surface area contributed by atoms with Crippen molar-refractivity contribution in [2.45, 2.75) is 23.9 Å². The molecule has 0 bridgehead atoms. The molecule has 3 aromatic carbocycles. The van der Waals surface area contributed by atoms with Gasteiger partial charge in [0.25, 0.3) is 5.56 Å². The molecule has 4 rings (SSSR count). The van der Waals surface area contributed by atoms with Crippen molar-refractivity contribution >= 4 is 33.4 Å². The Morgan fingerprint density at radius 3 is 2.41 bits per heavy atom. The molecule has 0 saturated carbocycles. The minimum atomic E-state index is 0.00614. The van der Waals surface area contributed by atoms with Gasteiger partial charge in [0.05, 0.1) is 16.2 Å². The quantitative estimate of drug-likeness (QED) is 0.198. The molecule has 134 valence electrons. The molecular weight excluding hydrogens is 352 g/mol. The summed E-state index contributed by atoms with van der Waals surface area (Å²) >= 11 is 1.56. The highest BCUT2D eigenvalue weighted by Crippen LogP contribution is 2.35. The van der Waals surface area contributed by atoms with Gasteiger partial charge in [-0.05, 0) is 35.4 Å². The number of hydrogen-bond acceptors (Lipinski definition) is 3. The molecule has 0 aliphatic carbocycles. The Hall–Kier alpha value is -2.85. The van der Waals surface area contributed by atoms with Crippen molar-refractivity contribution in [3.05, 3.63) is 95.3 Å². The SMILES string of the molecule is C=CC(Sc1nc2cc3ccccc3cc2c(=O)n1CC)c1ccccc1. The van der Waals surface area contributed by atoms with Crippen molar-refractivity contribution in [1.29, 1.82) is 0 Å². The Bertz CT molecular complexity index is 1180. The summed E-state index contributed by atoms with van der Waals surface area (Å²) in [5.74, 6) is 0. The summed E-state index contributed by atoms with van der Waals surface area (Å²) < 4.78 is 1.75. The topological polar surface area (TPSA) is 34.9 Å². The average Bonchev–Trinajstić information content (AvgIpc) is 2.71. The second-order valence-corrected chi connectivity index (χ2v) is 7.45. The molecule has 0 fully saturated rings. The van der Waals surface area contributed by atoms with Crippen molar-refractivity contribution < 1.29 is 0 Å². The van der Waals surface area contributed by atoms with E-state index in [9.17, 15) is 4.79 Å². The molecule has 0 aliphatic rings. The zero-order valence-electron chi connectivity index (χ0n) is 15.1. The summed E-state index contributed by atoms with van der Waals surface area (Å²) in [6.45, 7) is 6.54. The third-order valence-corrected chi connectivity index (χ3v) is 5.92. The van der Waals surface area contributed by atoms with E-state index in [1.165, 1.54) is 0 Å². The van der Waals surface area contributed by atoms with Crippen LogP contribution in [0.1, 0.15) is 17.7 Å². The Morgan fingerprint density at radius 2 is 1.74 bits per heavy atom. The standard InChI is InChI=1S/C23H20N2OS/c1-3-21(16-10-6-5-7-11-16)27-23-24-20-15-18-13-9-8-12-17(18)14-19(20)22(26)25(23)4-2/h3,5-15,21H,1,4H2,2H3. The van der Waals surface area contributed by atoms with Gasteiger partial charge >= 0.3 is 0 Å². The van der Waals surface area contributed by atoms with E-state index >= 15 is 0 Å². The van der Waals surface area contributed by atoms with Gasteiger partial charge in [0.2, 0.25) is 0 Å². The van der Waals surface area contributed by atoms with Gasteiger partial charge in [-0.15, -0.1) is 6.58 Å². The Balaban J connectivity index is 1.87. The molecular formula is C23H20N2OS. The molecule has 3 nitrogen and oxygen atoms in total. The molecule has 4 aromatic rings. The zero-order valence-corrected chi connectivity index (χ0v) is 15.9. The highest BCUT2D eigenvalue weighted by molar-refractivity contribution is 7.99. The first kappa shape index (κ1) is 17.6. The molecule has 1 unspecified atom stereocenters. The molecule has 0 spiro atoms. The van der Waals surface area contributed by atoms with Crippen LogP contribution < -0.4 is 5.56 Å². The van der Waals surface area contributed by atoms with E-state index in [1.807, 2.05) is 67.6 Å². The average molecular weight is 372 g/mol. The monoisotopic (exact) mass is 372 g/mol. The van der Waals surface area contributed by atoms with Crippen molar-refractivity contribution in [1.82, 2.24) is 9.55 Å². The lowest BCUT2D eigenvalue weighted by atomic mass is 10.1. The van der Waals surface area contributed by atoms with Crippen LogP contribution in [0.3, 0.4) is 0 Å². The Morgan fingerprint density at radius 1 is 1.07 bits per heavy atom. The molecule has 0 aliphatic heterocycles. The van der Waals surface area contributed by atoms with E-state index in [4.69, 9.17) is 4.98 Å². The highest BCUT2D eigenvalue weighted by atomic mass is 32.2. The summed E-state index contributed by atoms with van der Waals surface area (Å²) in [5.41, 5.74) is 1.89. The van der Waals surface area contributed by atoms with Crippen LogP contribution in [0.2, 0.25) is 0 Å². The normalized spacial score (nSPS) is 12.3. The van der Waals surface area contributed by atoms with E-state index in [-0.39, 0.29) is 10.8 Å². The lowest BCUT2D eigenvalue weighted by Gasteiger charge is -2.16. The second kappa shape index (κ2) is 7.41. The minimum Gasteiger partial charge on any atom is -0.287 e. The Labute approximate surface area is 162 Å². The summed E-state index contributed by atoms with van der Waals surface area (Å²) in [4.78, 5) is 18.0. The molecule has 1 heterocycles. The summed E-state index contributed by atoms with van der Waals surface area (Å²) in [6, 6.07) is 22.2. The number of hydrogen-bond donors (Lipinski definition) is 0. The number of nitrogens with zero attached hydrogens (tertiary/aromatic N) is 2. The number of aromatic nitrogens is 2. The van der Waals surface area contributed by atoms with Crippen molar-refractivity contribution in [3.63, 3.8) is 0 Å². The maximum absolute atomic E-state index is 13.1. The first-order valence-electron chi connectivity index (χ1n) is 8.98. The molecule has 0 saturated heterocycles. The van der Waals surface area contributed by atoms with Crippen LogP contribution in [0.5, 0.6) is 0 Å². The van der Waals surface area contributed by atoms with Gasteiger partial charge in [0.1, 0.15) is 0 Å². The predicted octanol–water partition coefficient (Wildman–Crippen LogP) is 5.59. The van der Waals surface area contributed by atoms with Crippen LogP contribution >= 0.6 is 11.8 Å². The summed E-state index contributed by atoms with van der Waals surface area (Å²) in [7, 11) is 0. The fourth-order valence-electron chi connectivity index (χ4n) is 3.27. The van der Waals surface area contributed by atoms with Gasteiger partial charge in [-0.2, -0.15) is 0 Å². The van der Waals surface area contributed by atoms with E-state index in [0.29, 0.717) is 11.9 Å². The van der Waals surface area contributed by atoms with Gasteiger partial charge in [0.15, 0.2) is 5.16 Å². The maximum Gasteiger partial charge on any atom is 0.262 e. The van der Waals surface area contributed by atoms with Gasteiger partial charge < -0.3 is 0 Å². The predicted molar refractivity (Wildman–Crippen MR) is 114 cm³/mol. The first-order valence-corrected chi connectivity index (χ1v) is 9.86. The highest BCUT2D eigenvalue weighted by Gasteiger charge is 2.16. The van der Waals surface area contributed by atoms with Crippen molar-refractivity contribution in [2.24, 2.45) is 0 Å². The van der Waals surface area contributed by atoms with Crippen LogP contribution in [-0.4, -0.2) is 9.55 Å². The lowest BCUT2D eigenvalue weighted by Crippen LogP contribution is -2.22. The third kappa shape index (κ3) is 3.28. The smallest absolute Gasteiger partial charge is 0.262 e. The fraction of sp³-hybridized carbons (Fsp3) is 0.130. The van der Waals surface area contributed by atoms with Gasteiger partial charge in [-0.1, -0.05) is 72.4 Å². The molecule has 1 aromatic heterocycles. The number of benzene rings is 3. The number of fused-ring (bicyclic) bond motifs is 2. The maximum atomic E-state index is 13.1. The van der Waals surface area contributed by atoms with E-state index in [2.05, 4.69) is 18.7 Å². The second-order valence-electron chi connectivity index (χ2n) is 6.35.